The second kappa shape index (κ2) is 11.2. The molecule has 1 aliphatic rings. The third-order valence-electron chi connectivity index (χ3n) is 5.89. The van der Waals surface area contributed by atoms with Crippen molar-refractivity contribution in [3.63, 3.8) is 0 Å². The number of nitrogens with one attached hydrogen (secondary N) is 1. The zero-order chi connectivity index (χ0) is 23.9. The summed E-state index contributed by atoms with van der Waals surface area (Å²) in [6, 6.07) is 13.7. The molecule has 0 unspecified atom stereocenters. The first-order valence-corrected chi connectivity index (χ1v) is 12.4. The lowest BCUT2D eigenvalue weighted by Crippen LogP contribution is -2.20. The smallest absolute Gasteiger partial charge is 0.250 e. The Morgan fingerprint density at radius 1 is 1.21 bits per heavy atom. The Hall–Kier alpha value is -3.33. The van der Waals surface area contributed by atoms with Crippen LogP contribution in [0.15, 0.2) is 52.7 Å². The number of benzene rings is 2. The van der Waals surface area contributed by atoms with Gasteiger partial charge in [-0.1, -0.05) is 66.9 Å². The van der Waals surface area contributed by atoms with E-state index in [4.69, 9.17) is 4.74 Å². The van der Waals surface area contributed by atoms with Crippen LogP contribution >= 0.6 is 11.8 Å². The minimum atomic E-state index is -0.265. The van der Waals surface area contributed by atoms with E-state index in [2.05, 4.69) is 56.5 Å². The zero-order valence-electron chi connectivity index (χ0n) is 19.4. The average Bonchev–Trinajstić information content (AvgIpc) is 3.29. The number of carbonyl (C=O) groups excluding carboxylic acids is 1. The van der Waals surface area contributed by atoms with Gasteiger partial charge in [0.25, 0.3) is 5.91 Å². The van der Waals surface area contributed by atoms with Crippen molar-refractivity contribution in [2.24, 2.45) is 5.10 Å². The molecule has 2 N–H and O–H groups in total. The number of methoxy groups -OCH3 is 1. The topological polar surface area (TPSA) is 102 Å². The van der Waals surface area contributed by atoms with Crippen molar-refractivity contribution in [1.29, 1.82) is 0 Å². The predicted octanol–water partition coefficient (Wildman–Crippen LogP) is 4.72. The van der Waals surface area contributed by atoms with Gasteiger partial charge >= 0.3 is 0 Å². The molecule has 0 bridgehead atoms. The van der Waals surface area contributed by atoms with Gasteiger partial charge in [-0.2, -0.15) is 5.10 Å². The van der Waals surface area contributed by atoms with Gasteiger partial charge in [0, 0.05) is 17.2 Å². The van der Waals surface area contributed by atoms with E-state index >= 15 is 0 Å². The largest absolute Gasteiger partial charge is 0.504 e. The molecule has 1 amide bonds. The first-order valence-electron chi connectivity index (χ1n) is 11.4. The van der Waals surface area contributed by atoms with Crippen molar-refractivity contribution >= 4 is 23.9 Å². The molecule has 1 aliphatic carbocycles. The number of aromatic nitrogens is 3. The van der Waals surface area contributed by atoms with Crippen molar-refractivity contribution in [3.05, 3.63) is 53.6 Å². The third kappa shape index (κ3) is 5.59. The highest BCUT2D eigenvalue weighted by molar-refractivity contribution is 7.99. The molecular formula is C25H29N5O3S. The Labute approximate surface area is 203 Å². The fourth-order valence-electron chi connectivity index (χ4n) is 4.09. The Balaban J connectivity index is 1.45. The second-order valence-corrected chi connectivity index (χ2v) is 9.26. The minimum absolute atomic E-state index is 0.0263. The Morgan fingerprint density at radius 3 is 2.71 bits per heavy atom. The molecule has 0 spiro atoms. The number of hydrogen-bond acceptors (Lipinski definition) is 7. The number of carbonyl (C=O) groups is 1. The van der Waals surface area contributed by atoms with Gasteiger partial charge in [-0.15, -0.1) is 10.2 Å². The van der Waals surface area contributed by atoms with Gasteiger partial charge < -0.3 is 9.84 Å². The fourth-order valence-corrected chi connectivity index (χ4v) is 4.89. The highest BCUT2D eigenvalue weighted by Crippen LogP contribution is 2.35. The minimum Gasteiger partial charge on any atom is -0.504 e. The van der Waals surface area contributed by atoms with Crippen LogP contribution < -0.4 is 10.2 Å². The molecule has 9 heteroatoms. The number of phenols is 1. The highest BCUT2D eigenvalue weighted by atomic mass is 32.2. The number of amides is 1. The van der Waals surface area contributed by atoms with Crippen LogP contribution in [0.3, 0.4) is 0 Å². The van der Waals surface area contributed by atoms with Gasteiger partial charge in [-0.25, -0.2) is 5.43 Å². The normalized spacial score (nSPS) is 14.4. The highest BCUT2D eigenvalue weighted by Gasteiger charge is 2.24. The maximum absolute atomic E-state index is 12.4. The Kier molecular flexibility index (Phi) is 7.84. The van der Waals surface area contributed by atoms with Gasteiger partial charge in [0.05, 0.1) is 19.1 Å². The third-order valence-corrected chi connectivity index (χ3v) is 6.83. The first-order chi connectivity index (χ1) is 16.6. The lowest BCUT2D eigenvalue weighted by Gasteiger charge is -2.25. The fraction of sp³-hybridized carbons (Fsp3) is 0.360. The summed E-state index contributed by atoms with van der Waals surface area (Å²) >= 11 is 1.36. The summed E-state index contributed by atoms with van der Waals surface area (Å²) in [5.74, 6) is 1.05. The number of para-hydroxylation sites is 1. The van der Waals surface area contributed by atoms with E-state index in [0.717, 1.165) is 29.4 Å². The maximum Gasteiger partial charge on any atom is 0.250 e. The van der Waals surface area contributed by atoms with Crippen molar-refractivity contribution in [3.8, 4) is 22.9 Å². The summed E-state index contributed by atoms with van der Waals surface area (Å²) in [5, 5.41) is 23.7. The van der Waals surface area contributed by atoms with Crippen LogP contribution in [0.25, 0.3) is 11.4 Å². The van der Waals surface area contributed by atoms with Crippen LogP contribution in [0.4, 0.5) is 0 Å². The number of rotatable bonds is 8. The molecule has 4 rings (SSSR count). The summed E-state index contributed by atoms with van der Waals surface area (Å²) in [6.45, 7) is 2.06. The van der Waals surface area contributed by atoms with Crippen molar-refractivity contribution in [2.75, 3.05) is 12.9 Å². The van der Waals surface area contributed by atoms with E-state index in [1.165, 1.54) is 49.9 Å². The summed E-state index contributed by atoms with van der Waals surface area (Å²) in [5.41, 5.74) is 5.19. The molecule has 34 heavy (non-hydrogen) atoms. The molecule has 3 aromatic rings. The van der Waals surface area contributed by atoms with Gasteiger partial charge in [0.15, 0.2) is 22.5 Å². The summed E-state index contributed by atoms with van der Waals surface area (Å²) in [7, 11) is 1.48. The van der Waals surface area contributed by atoms with Gasteiger partial charge in [-0.3, -0.25) is 9.36 Å². The standard InChI is InChI=1S/C25H29N5O3S/c1-17-11-13-18(14-12-17)24-28-29-25(30(24)20-8-4-3-5-9-20)34-16-22(31)27-26-15-19-7-6-10-21(33-2)23(19)32/h6-7,10-15,20,32H,3-5,8-9,16H2,1-2H3,(H,27,31)/b26-15+. The summed E-state index contributed by atoms with van der Waals surface area (Å²) in [4.78, 5) is 12.4. The maximum atomic E-state index is 12.4. The van der Waals surface area contributed by atoms with Crippen molar-refractivity contribution in [2.45, 2.75) is 50.2 Å². The molecule has 1 heterocycles. The second-order valence-electron chi connectivity index (χ2n) is 8.31. The zero-order valence-corrected chi connectivity index (χ0v) is 20.2. The molecule has 0 aliphatic heterocycles. The van der Waals surface area contributed by atoms with Crippen molar-refractivity contribution < 1.29 is 14.6 Å². The number of hydrogen-bond donors (Lipinski definition) is 2. The van der Waals surface area contributed by atoms with Crippen LogP contribution in [-0.2, 0) is 4.79 Å². The molecular weight excluding hydrogens is 450 g/mol. The van der Waals surface area contributed by atoms with Crippen molar-refractivity contribution in [1.82, 2.24) is 20.2 Å². The lowest BCUT2D eigenvalue weighted by molar-refractivity contribution is -0.118. The number of nitrogens with zero attached hydrogens (tertiary/aromatic N) is 4. The SMILES string of the molecule is COc1cccc(/C=N/NC(=O)CSc2nnc(-c3ccc(C)cc3)n2C2CCCCC2)c1O. The average molecular weight is 480 g/mol. The van der Waals surface area contributed by atoms with Crippen LogP contribution in [-0.4, -0.2) is 44.9 Å². The monoisotopic (exact) mass is 479 g/mol. The Bertz CT molecular complexity index is 1150. The van der Waals surface area contributed by atoms with E-state index in [9.17, 15) is 9.90 Å². The molecule has 1 fully saturated rings. The quantitative estimate of drug-likeness (QED) is 0.275. The summed E-state index contributed by atoms with van der Waals surface area (Å²) in [6.07, 6.45) is 7.19. The number of aromatic hydroxyl groups is 1. The molecule has 0 atom stereocenters. The molecule has 1 saturated carbocycles. The number of phenolic OH excluding ortho intramolecular Hbond substituents is 1. The molecule has 0 radical (unpaired) electrons. The van der Waals surface area contributed by atoms with Gasteiger partial charge in [-0.05, 0) is 31.9 Å². The van der Waals surface area contributed by atoms with E-state index < -0.39 is 0 Å². The number of aryl methyl sites for hydroxylation is 1. The predicted molar refractivity (Wildman–Crippen MR) is 133 cm³/mol. The van der Waals surface area contributed by atoms with E-state index in [0.29, 0.717) is 17.4 Å². The summed E-state index contributed by atoms with van der Waals surface area (Å²) < 4.78 is 7.29. The van der Waals surface area contributed by atoms with Crippen LogP contribution in [0.1, 0.15) is 49.3 Å². The lowest BCUT2D eigenvalue weighted by atomic mass is 9.95. The van der Waals surface area contributed by atoms with E-state index in [-0.39, 0.29) is 17.4 Å². The molecule has 178 valence electrons. The van der Waals surface area contributed by atoms with Crippen LogP contribution in [0.2, 0.25) is 0 Å². The van der Waals surface area contributed by atoms with Crippen LogP contribution in [0, 0.1) is 6.92 Å². The number of ether oxygens (including phenoxy) is 1. The van der Waals surface area contributed by atoms with Gasteiger partial charge in [0.1, 0.15) is 0 Å². The van der Waals surface area contributed by atoms with Gasteiger partial charge in [0.2, 0.25) is 0 Å². The van der Waals surface area contributed by atoms with E-state index in [1.807, 2.05) is 0 Å². The molecule has 2 aromatic carbocycles. The number of thioether (sulfide) groups is 1. The van der Waals surface area contributed by atoms with Crippen LogP contribution in [0.5, 0.6) is 11.5 Å². The Morgan fingerprint density at radius 2 is 1.97 bits per heavy atom. The molecule has 0 saturated heterocycles. The number of hydrazone groups is 1. The molecule has 1 aromatic heterocycles. The van der Waals surface area contributed by atoms with E-state index in [1.54, 1.807) is 18.2 Å². The molecule has 8 nitrogen and oxygen atoms in total. The first kappa shape index (κ1) is 23.8.